The summed E-state index contributed by atoms with van der Waals surface area (Å²) in [7, 11) is 1.94. The Bertz CT molecular complexity index is 1380. The third-order valence-corrected chi connectivity index (χ3v) is 7.81. The lowest BCUT2D eigenvalue weighted by Crippen LogP contribution is -2.24. The molecule has 6 rings (SSSR count). The molecule has 3 aromatic heterocycles. The summed E-state index contributed by atoms with van der Waals surface area (Å²) < 4.78 is 18.3. The molecule has 33 heavy (non-hydrogen) atoms. The number of imidazole rings is 1. The second-order valence-corrected chi connectivity index (χ2v) is 10.1. The highest BCUT2D eigenvalue weighted by Crippen LogP contribution is 2.43. The van der Waals surface area contributed by atoms with E-state index in [1.165, 1.54) is 5.56 Å². The molecule has 1 atom stereocenters. The van der Waals surface area contributed by atoms with Crippen molar-refractivity contribution in [2.45, 2.75) is 44.1 Å². The summed E-state index contributed by atoms with van der Waals surface area (Å²) >= 11 is 3.22. The van der Waals surface area contributed by atoms with Gasteiger partial charge in [0.2, 0.25) is 5.95 Å². The molecule has 4 heterocycles. The largest absolute Gasteiger partial charge is 0.321 e. The Labute approximate surface area is 199 Å². The molecule has 0 radical (unpaired) electrons. The van der Waals surface area contributed by atoms with Gasteiger partial charge in [-0.2, -0.15) is 9.49 Å². The van der Waals surface area contributed by atoms with Gasteiger partial charge >= 0.3 is 0 Å². The average Bonchev–Trinajstić information content (AvgIpc) is 3.49. The topological polar surface area (TPSA) is 65.6 Å². The van der Waals surface area contributed by atoms with Crippen LogP contribution in [0.4, 0.5) is 4.39 Å². The molecule has 0 spiro atoms. The highest BCUT2D eigenvalue weighted by atomic mass is 79.9. The van der Waals surface area contributed by atoms with Gasteiger partial charge < -0.3 is 4.57 Å². The van der Waals surface area contributed by atoms with Crippen LogP contribution < -0.4 is 0 Å². The summed E-state index contributed by atoms with van der Waals surface area (Å²) in [6.45, 7) is 0. The molecule has 4 aromatic rings. The summed E-state index contributed by atoms with van der Waals surface area (Å²) in [6, 6.07) is 7.97. The number of hydrogen-bond acceptors (Lipinski definition) is 4. The maximum Gasteiger partial charge on any atom is 0.227 e. The minimum Gasteiger partial charge on any atom is -0.321 e. The first-order chi connectivity index (χ1) is 16.0. The fourth-order valence-electron chi connectivity index (χ4n) is 5.54. The van der Waals surface area contributed by atoms with Gasteiger partial charge in [-0.15, -0.1) is 0 Å². The first-order valence-electron chi connectivity index (χ1n) is 11.3. The predicted molar refractivity (Wildman–Crippen MR) is 126 cm³/mol. The van der Waals surface area contributed by atoms with Crippen LogP contribution in [0.3, 0.4) is 0 Å². The molecule has 0 N–H and O–H groups in total. The van der Waals surface area contributed by atoms with Crippen LogP contribution in [-0.4, -0.2) is 30.1 Å². The maximum absolute atomic E-state index is 14.2. The summed E-state index contributed by atoms with van der Waals surface area (Å²) in [5.74, 6) is 0.184. The number of fused-ring (bicyclic) bond motifs is 4. The van der Waals surface area contributed by atoms with E-state index in [1.54, 1.807) is 18.6 Å². The smallest absolute Gasteiger partial charge is 0.227 e. The fraction of sp³-hybridized carbons (Fsp3) is 0.360. The van der Waals surface area contributed by atoms with Crippen molar-refractivity contribution < 1.29 is 9.18 Å². The number of aromatic nitrogens is 5. The first-order valence-corrected chi connectivity index (χ1v) is 12.1. The number of ketones is 1. The Morgan fingerprint density at radius 3 is 2.85 bits per heavy atom. The minimum absolute atomic E-state index is 0.0381. The third-order valence-electron chi connectivity index (χ3n) is 7.25. The SMILES string of the molecule is Cn1cc2ccc(C3CCC(C(=O)CC4c5nc(F)c(Br)cc5-c5cncn54)CC3)cc2n1. The average molecular weight is 508 g/mol. The summed E-state index contributed by atoms with van der Waals surface area (Å²) in [5, 5.41) is 5.68. The number of hydrogen-bond donors (Lipinski definition) is 0. The van der Waals surface area contributed by atoms with Crippen molar-refractivity contribution in [1.82, 2.24) is 24.3 Å². The van der Waals surface area contributed by atoms with Crippen LogP contribution >= 0.6 is 15.9 Å². The molecule has 0 bridgehead atoms. The van der Waals surface area contributed by atoms with Crippen molar-refractivity contribution in [2.24, 2.45) is 13.0 Å². The van der Waals surface area contributed by atoms with Crippen LogP contribution in [0.15, 0.2) is 47.5 Å². The number of aryl methyl sites for hydroxylation is 1. The van der Waals surface area contributed by atoms with Crippen LogP contribution in [0, 0.1) is 11.9 Å². The van der Waals surface area contributed by atoms with Crippen LogP contribution in [0.1, 0.15) is 55.3 Å². The lowest BCUT2D eigenvalue weighted by Gasteiger charge is -2.28. The number of carbonyl (C=O) groups excluding carboxylic acids is 1. The molecule has 1 unspecified atom stereocenters. The maximum atomic E-state index is 14.2. The second kappa shape index (κ2) is 7.87. The Hall–Kier alpha value is -2.87. The van der Waals surface area contributed by atoms with E-state index in [0.717, 1.165) is 47.8 Å². The molecular weight excluding hydrogens is 485 g/mol. The van der Waals surface area contributed by atoms with E-state index in [-0.39, 0.29) is 17.7 Å². The van der Waals surface area contributed by atoms with Crippen molar-refractivity contribution in [3.05, 3.63) is 64.7 Å². The van der Waals surface area contributed by atoms with Gasteiger partial charge in [-0.05, 0) is 65.2 Å². The molecule has 1 aromatic carbocycles. The number of rotatable bonds is 4. The van der Waals surface area contributed by atoms with Gasteiger partial charge in [0.1, 0.15) is 5.78 Å². The van der Waals surface area contributed by atoms with E-state index in [0.29, 0.717) is 22.5 Å². The highest BCUT2D eigenvalue weighted by Gasteiger charge is 2.35. The van der Waals surface area contributed by atoms with E-state index in [9.17, 15) is 9.18 Å². The van der Waals surface area contributed by atoms with Crippen molar-refractivity contribution >= 4 is 32.6 Å². The molecule has 0 saturated heterocycles. The van der Waals surface area contributed by atoms with Crippen LogP contribution in [0.2, 0.25) is 0 Å². The van der Waals surface area contributed by atoms with E-state index in [2.05, 4.69) is 49.2 Å². The lowest BCUT2D eigenvalue weighted by molar-refractivity contribution is -0.124. The molecule has 8 heteroatoms. The second-order valence-electron chi connectivity index (χ2n) is 9.24. The van der Waals surface area contributed by atoms with Crippen molar-refractivity contribution in [1.29, 1.82) is 0 Å². The first kappa shape index (κ1) is 20.7. The monoisotopic (exact) mass is 507 g/mol. The molecule has 1 aliphatic heterocycles. The van der Waals surface area contributed by atoms with Gasteiger partial charge in [-0.1, -0.05) is 12.1 Å². The summed E-state index contributed by atoms with van der Waals surface area (Å²) in [6.07, 6.45) is 9.55. The van der Waals surface area contributed by atoms with Crippen LogP contribution in [0.25, 0.3) is 22.2 Å². The van der Waals surface area contributed by atoms with Crippen LogP contribution in [-0.2, 0) is 11.8 Å². The zero-order valence-corrected chi connectivity index (χ0v) is 19.8. The third kappa shape index (κ3) is 3.51. The number of benzene rings is 1. The zero-order chi connectivity index (χ0) is 22.7. The summed E-state index contributed by atoms with van der Waals surface area (Å²) in [4.78, 5) is 21.7. The lowest BCUT2D eigenvalue weighted by atomic mass is 9.76. The number of halogens is 2. The van der Waals surface area contributed by atoms with Crippen molar-refractivity contribution in [3.63, 3.8) is 0 Å². The molecule has 1 fully saturated rings. The van der Waals surface area contributed by atoms with Crippen molar-refractivity contribution in [2.75, 3.05) is 0 Å². The highest BCUT2D eigenvalue weighted by molar-refractivity contribution is 9.10. The van der Waals surface area contributed by atoms with Gasteiger partial charge in [0.25, 0.3) is 0 Å². The normalized spacial score (nSPS) is 21.8. The fourth-order valence-corrected chi connectivity index (χ4v) is 5.86. The molecule has 1 aliphatic carbocycles. The van der Waals surface area contributed by atoms with E-state index in [4.69, 9.17) is 0 Å². The van der Waals surface area contributed by atoms with Crippen molar-refractivity contribution in [3.8, 4) is 11.3 Å². The van der Waals surface area contributed by atoms with E-state index in [1.807, 2.05) is 22.5 Å². The van der Waals surface area contributed by atoms with Gasteiger partial charge in [0.15, 0.2) is 0 Å². The van der Waals surface area contributed by atoms with Gasteiger partial charge in [-0.3, -0.25) is 9.48 Å². The Kier molecular flexibility index (Phi) is 4.94. The number of Topliss-reactive ketones (excluding diaryl/α,β-unsaturated/α-hetero) is 1. The standard InChI is InChI=1S/C25H23BrFN5O/c1-31-12-17-7-6-16(8-20(17)30-31)14-2-4-15(5-3-14)23(33)10-21-24-18(9-19(26)25(27)29-24)22-11-28-13-32(21)22/h6-9,11-15,21H,2-5,10H2,1H3. The van der Waals surface area contributed by atoms with Gasteiger partial charge in [0.05, 0.1) is 39.9 Å². The number of nitrogens with zero attached hydrogens (tertiary/aromatic N) is 5. The zero-order valence-electron chi connectivity index (χ0n) is 18.2. The van der Waals surface area contributed by atoms with Gasteiger partial charge in [0, 0.05) is 36.5 Å². The quantitative estimate of drug-likeness (QED) is 0.338. The number of carbonyl (C=O) groups is 1. The molecule has 2 aliphatic rings. The Morgan fingerprint density at radius 2 is 2.03 bits per heavy atom. The molecular formula is C25H23BrFN5O. The Morgan fingerprint density at radius 1 is 1.21 bits per heavy atom. The molecule has 1 saturated carbocycles. The van der Waals surface area contributed by atoms with E-state index < -0.39 is 5.95 Å². The van der Waals surface area contributed by atoms with E-state index >= 15 is 0 Å². The Balaban J connectivity index is 1.16. The summed E-state index contributed by atoms with van der Waals surface area (Å²) in [5.41, 5.74) is 4.68. The molecule has 6 nitrogen and oxygen atoms in total. The minimum atomic E-state index is -0.546. The van der Waals surface area contributed by atoms with Crippen LogP contribution in [0.5, 0.6) is 0 Å². The molecule has 0 amide bonds. The molecule has 168 valence electrons. The number of pyridine rings is 1. The van der Waals surface area contributed by atoms with Gasteiger partial charge in [-0.25, -0.2) is 9.97 Å². The predicted octanol–water partition coefficient (Wildman–Crippen LogP) is 5.57.